The maximum absolute atomic E-state index is 13.2. The van der Waals surface area contributed by atoms with Gasteiger partial charge in [-0.05, 0) is 41.5 Å². The molecule has 0 amide bonds. The van der Waals surface area contributed by atoms with E-state index in [1.54, 1.807) is 48.7 Å². The molecule has 3 aromatic rings. The van der Waals surface area contributed by atoms with Crippen LogP contribution in [0.15, 0.2) is 66.9 Å². The van der Waals surface area contributed by atoms with Crippen LogP contribution in [0.25, 0.3) is 0 Å². The predicted molar refractivity (Wildman–Crippen MR) is 96.6 cm³/mol. The number of nitrogens with zero attached hydrogens (tertiary/aromatic N) is 1. The SMILES string of the molecule is O=S(=O)(Cc1cc(F)cc(F)c1)NCc1cccc(Oc2ccccn2)c1. The van der Waals surface area contributed by atoms with E-state index in [1.807, 2.05) is 0 Å². The zero-order valence-corrected chi connectivity index (χ0v) is 14.9. The van der Waals surface area contributed by atoms with Crippen LogP contribution in [0.2, 0.25) is 0 Å². The topological polar surface area (TPSA) is 68.3 Å². The molecule has 140 valence electrons. The molecule has 0 radical (unpaired) electrons. The van der Waals surface area contributed by atoms with E-state index in [4.69, 9.17) is 4.74 Å². The highest BCUT2D eigenvalue weighted by Gasteiger charge is 2.13. The maximum Gasteiger partial charge on any atom is 0.219 e. The van der Waals surface area contributed by atoms with Gasteiger partial charge in [0.25, 0.3) is 0 Å². The van der Waals surface area contributed by atoms with Crippen molar-refractivity contribution in [3.8, 4) is 11.6 Å². The lowest BCUT2D eigenvalue weighted by molar-refractivity contribution is 0.462. The second-order valence-electron chi connectivity index (χ2n) is 5.78. The van der Waals surface area contributed by atoms with Crippen LogP contribution in [0.4, 0.5) is 8.78 Å². The van der Waals surface area contributed by atoms with Gasteiger partial charge in [0.1, 0.15) is 17.4 Å². The molecule has 0 spiro atoms. The van der Waals surface area contributed by atoms with Crippen LogP contribution < -0.4 is 9.46 Å². The number of sulfonamides is 1. The molecular weight excluding hydrogens is 374 g/mol. The number of benzene rings is 2. The number of rotatable bonds is 7. The number of nitrogens with one attached hydrogen (secondary N) is 1. The lowest BCUT2D eigenvalue weighted by Gasteiger charge is -2.09. The van der Waals surface area contributed by atoms with Crippen molar-refractivity contribution in [2.75, 3.05) is 0 Å². The number of halogens is 2. The Morgan fingerprint density at radius 3 is 2.41 bits per heavy atom. The summed E-state index contributed by atoms with van der Waals surface area (Å²) in [7, 11) is -3.77. The highest BCUT2D eigenvalue weighted by Crippen LogP contribution is 2.20. The summed E-state index contributed by atoms with van der Waals surface area (Å²) in [5.41, 5.74) is 0.699. The third-order valence-corrected chi connectivity index (χ3v) is 4.83. The number of pyridine rings is 1. The van der Waals surface area contributed by atoms with Gasteiger partial charge in [-0.25, -0.2) is 26.9 Å². The van der Waals surface area contributed by atoms with Crippen LogP contribution in [-0.4, -0.2) is 13.4 Å². The molecule has 0 unspecified atom stereocenters. The fourth-order valence-electron chi connectivity index (χ4n) is 2.41. The third-order valence-electron chi connectivity index (χ3n) is 3.53. The molecule has 5 nitrogen and oxygen atoms in total. The molecule has 1 N–H and O–H groups in total. The normalized spacial score (nSPS) is 11.3. The molecule has 8 heteroatoms. The minimum atomic E-state index is -3.77. The smallest absolute Gasteiger partial charge is 0.219 e. The first kappa shape index (κ1) is 18.9. The number of ether oxygens (including phenoxy) is 1. The van der Waals surface area contributed by atoms with E-state index < -0.39 is 27.4 Å². The molecule has 0 aliphatic heterocycles. The fraction of sp³-hybridized carbons (Fsp3) is 0.105. The van der Waals surface area contributed by atoms with E-state index >= 15 is 0 Å². The van der Waals surface area contributed by atoms with Crippen LogP contribution in [0.3, 0.4) is 0 Å². The van der Waals surface area contributed by atoms with Crippen molar-refractivity contribution in [1.29, 1.82) is 0 Å². The van der Waals surface area contributed by atoms with Crippen molar-refractivity contribution in [1.82, 2.24) is 9.71 Å². The van der Waals surface area contributed by atoms with Gasteiger partial charge in [-0.3, -0.25) is 0 Å². The summed E-state index contributed by atoms with van der Waals surface area (Å²) in [6, 6.07) is 14.8. The minimum absolute atomic E-state index is 0.0134. The number of hydrogen-bond donors (Lipinski definition) is 1. The van der Waals surface area contributed by atoms with Crippen LogP contribution in [0.5, 0.6) is 11.6 Å². The Hall–Kier alpha value is -2.84. The summed E-state index contributed by atoms with van der Waals surface area (Å²) in [6.45, 7) is 0.0134. The van der Waals surface area contributed by atoms with E-state index in [-0.39, 0.29) is 12.1 Å². The lowest BCUT2D eigenvalue weighted by atomic mass is 10.2. The second kappa shape index (κ2) is 8.24. The third kappa shape index (κ3) is 5.83. The van der Waals surface area contributed by atoms with E-state index in [1.165, 1.54) is 0 Å². The number of hydrogen-bond acceptors (Lipinski definition) is 4. The molecule has 1 aromatic heterocycles. The largest absolute Gasteiger partial charge is 0.439 e. The Morgan fingerprint density at radius 1 is 0.926 bits per heavy atom. The minimum Gasteiger partial charge on any atom is -0.439 e. The average molecular weight is 390 g/mol. The average Bonchev–Trinajstić information content (AvgIpc) is 2.60. The highest BCUT2D eigenvalue weighted by atomic mass is 32.2. The van der Waals surface area contributed by atoms with E-state index in [0.29, 0.717) is 23.3 Å². The summed E-state index contributed by atoms with van der Waals surface area (Å²) in [4.78, 5) is 4.05. The first-order valence-corrected chi connectivity index (χ1v) is 9.65. The van der Waals surface area contributed by atoms with Crippen LogP contribution in [0.1, 0.15) is 11.1 Å². The molecule has 27 heavy (non-hydrogen) atoms. The second-order valence-corrected chi connectivity index (χ2v) is 7.58. The standard InChI is InChI=1S/C19H16F2N2O3S/c20-16-8-15(9-17(21)11-16)13-27(24,25)23-12-14-4-3-5-18(10-14)26-19-6-1-2-7-22-19/h1-11,23H,12-13H2. The van der Waals surface area contributed by atoms with Crippen molar-refractivity contribution in [2.24, 2.45) is 0 Å². The summed E-state index contributed by atoms with van der Waals surface area (Å²) < 4.78 is 58.8. The molecule has 1 heterocycles. The van der Waals surface area contributed by atoms with Crippen LogP contribution >= 0.6 is 0 Å². The van der Waals surface area contributed by atoms with Crippen molar-refractivity contribution in [3.63, 3.8) is 0 Å². The van der Waals surface area contributed by atoms with E-state index in [9.17, 15) is 17.2 Å². The first-order valence-electron chi connectivity index (χ1n) is 8.00. The first-order chi connectivity index (χ1) is 12.9. The Kier molecular flexibility index (Phi) is 5.78. The summed E-state index contributed by atoms with van der Waals surface area (Å²) in [6.07, 6.45) is 1.60. The zero-order valence-electron chi connectivity index (χ0n) is 14.1. The van der Waals surface area contributed by atoms with Crippen molar-refractivity contribution < 1.29 is 21.9 Å². The van der Waals surface area contributed by atoms with Crippen LogP contribution in [-0.2, 0) is 22.3 Å². The van der Waals surface area contributed by atoms with Gasteiger partial charge in [0.05, 0.1) is 5.75 Å². The molecule has 0 fully saturated rings. The van der Waals surface area contributed by atoms with Gasteiger partial charge in [-0.1, -0.05) is 18.2 Å². The Morgan fingerprint density at radius 2 is 1.70 bits per heavy atom. The molecule has 3 rings (SSSR count). The monoisotopic (exact) mass is 390 g/mol. The lowest BCUT2D eigenvalue weighted by Crippen LogP contribution is -2.24. The van der Waals surface area contributed by atoms with Gasteiger partial charge < -0.3 is 4.74 Å². The maximum atomic E-state index is 13.2. The van der Waals surface area contributed by atoms with E-state index in [2.05, 4.69) is 9.71 Å². The highest BCUT2D eigenvalue weighted by molar-refractivity contribution is 7.88. The van der Waals surface area contributed by atoms with Gasteiger partial charge >= 0.3 is 0 Å². The summed E-state index contributed by atoms with van der Waals surface area (Å²) in [5, 5.41) is 0. The molecule has 0 bridgehead atoms. The van der Waals surface area contributed by atoms with Gasteiger partial charge in [-0.15, -0.1) is 0 Å². The zero-order chi connectivity index (χ0) is 19.3. The Labute approximate surface area is 155 Å². The molecule has 0 saturated carbocycles. The molecule has 0 atom stereocenters. The van der Waals surface area contributed by atoms with Crippen LogP contribution in [0, 0.1) is 11.6 Å². The summed E-state index contributed by atoms with van der Waals surface area (Å²) >= 11 is 0. The predicted octanol–water partition coefficient (Wildman–Crippen LogP) is 3.77. The number of aromatic nitrogens is 1. The van der Waals surface area contributed by atoms with Crippen molar-refractivity contribution in [2.45, 2.75) is 12.3 Å². The summed E-state index contributed by atoms with van der Waals surface area (Å²) in [5.74, 6) is -1.23. The van der Waals surface area contributed by atoms with Crippen molar-refractivity contribution >= 4 is 10.0 Å². The van der Waals surface area contributed by atoms with Crippen molar-refractivity contribution in [3.05, 3.63) is 89.6 Å². The molecular formula is C19H16F2N2O3S. The Bertz CT molecular complexity index is 1010. The molecule has 0 saturated heterocycles. The quantitative estimate of drug-likeness (QED) is 0.667. The fourth-order valence-corrected chi connectivity index (χ4v) is 3.50. The molecule has 2 aromatic carbocycles. The van der Waals surface area contributed by atoms with Gasteiger partial charge in [0.2, 0.25) is 15.9 Å². The Balaban J connectivity index is 1.64. The van der Waals surface area contributed by atoms with Gasteiger partial charge in [0.15, 0.2) is 0 Å². The van der Waals surface area contributed by atoms with E-state index in [0.717, 1.165) is 12.1 Å². The van der Waals surface area contributed by atoms with Gasteiger partial charge in [-0.2, -0.15) is 0 Å². The molecule has 0 aliphatic carbocycles. The van der Waals surface area contributed by atoms with Gasteiger partial charge in [0, 0.05) is 24.9 Å². The molecule has 0 aliphatic rings.